The number of fused-ring (bicyclic) bond motifs is 9. The molecule has 0 saturated heterocycles. The first-order valence-electron chi connectivity index (χ1n) is 25.5. The first kappa shape index (κ1) is 45.0. The van der Waals surface area contributed by atoms with Gasteiger partial charge in [0.1, 0.15) is 5.41 Å². The predicted octanol–water partition coefficient (Wildman–Crippen LogP) is 19.2. The fourth-order valence-corrected chi connectivity index (χ4v) is 13.4. The lowest BCUT2D eigenvalue weighted by molar-refractivity contribution is -0.172. The van der Waals surface area contributed by atoms with Crippen molar-refractivity contribution < 1.29 is 13.2 Å². The minimum atomic E-state index is -4.44. The van der Waals surface area contributed by atoms with Gasteiger partial charge in [0.05, 0.1) is 0 Å². The number of alkyl halides is 3. The molecule has 0 amide bonds. The Hall–Kier alpha value is -6.45. The Morgan fingerprint density at radius 2 is 0.623 bits per heavy atom. The largest absolute Gasteiger partial charge is 0.402 e. The Morgan fingerprint density at radius 3 is 1.00 bits per heavy atom. The fraction of sp³-hybridized carbons (Fsp3) is 0.273. The summed E-state index contributed by atoms with van der Waals surface area (Å²) in [6.07, 6.45) is 4.44. The SMILES string of the molecule is CCCC1(CCC)c2ccccc2-c2ccc(-c3ccc(-c4ccc5c(c4)C(CCC)(CCC)c4cc(-c6ccc(-c7ccc8c(c7)C(C)(C(F)(F)F)c7cc(C)ccc7-8)cc6)ccc4-5)cc3)cc21. The van der Waals surface area contributed by atoms with Gasteiger partial charge in [-0.25, -0.2) is 0 Å². The summed E-state index contributed by atoms with van der Waals surface area (Å²) in [4.78, 5) is 0. The predicted molar refractivity (Wildman–Crippen MR) is 283 cm³/mol. The van der Waals surface area contributed by atoms with E-state index in [1.165, 1.54) is 73.7 Å². The molecule has 0 spiro atoms. The van der Waals surface area contributed by atoms with E-state index in [1.54, 1.807) is 12.1 Å². The van der Waals surface area contributed by atoms with Crippen molar-refractivity contribution in [1.29, 1.82) is 0 Å². The van der Waals surface area contributed by atoms with Gasteiger partial charge in [0.25, 0.3) is 0 Å². The van der Waals surface area contributed by atoms with Crippen molar-refractivity contribution in [2.75, 3.05) is 0 Å². The van der Waals surface area contributed by atoms with E-state index in [4.69, 9.17) is 0 Å². The van der Waals surface area contributed by atoms with Crippen LogP contribution in [0.5, 0.6) is 0 Å². The molecule has 3 heteroatoms. The van der Waals surface area contributed by atoms with Gasteiger partial charge in [0.2, 0.25) is 0 Å². The van der Waals surface area contributed by atoms with Crippen LogP contribution in [0.1, 0.15) is 125 Å². The molecule has 3 aliphatic rings. The molecule has 3 aliphatic carbocycles. The molecule has 0 heterocycles. The van der Waals surface area contributed by atoms with Crippen LogP contribution in [0.15, 0.2) is 164 Å². The van der Waals surface area contributed by atoms with Crippen molar-refractivity contribution in [3.63, 3.8) is 0 Å². The second kappa shape index (κ2) is 16.9. The summed E-state index contributed by atoms with van der Waals surface area (Å²) in [7, 11) is 0. The van der Waals surface area contributed by atoms with Gasteiger partial charge in [-0.1, -0.05) is 198 Å². The third-order valence-electron chi connectivity index (χ3n) is 16.6. The molecule has 0 fully saturated rings. The number of rotatable bonds is 12. The quantitative estimate of drug-likeness (QED) is 0.115. The van der Waals surface area contributed by atoms with Crippen LogP contribution in [-0.4, -0.2) is 6.18 Å². The molecule has 11 rings (SSSR count). The summed E-state index contributed by atoms with van der Waals surface area (Å²) in [5.74, 6) is 0. The van der Waals surface area contributed by atoms with Crippen molar-refractivity contribution in [3.05, 3.63) is 203 Å². The third-order valence-corrected chi connectivity index (χ3v) is 16.6. The van der Waals surface area contributed by atoms with E-state index >= 15 is 13.2 Å². The van der Waals surface area contributed by atoms with Gasteiger partial charge in [0, 0.05) is 10.8 Å². The first-order chi connectivity index (χ1) is 33.4. The molecule has 0 nitrogen and oxygen atoms in total. The monoisotopic (exact) mass is 910 g/mol. The Labute approximate surface area is 407 Å². The van der Waals surface area contributed by atoms with Crippen molar-refractivity contribution in [2.45, 2.75) is 115 Å². The van der Waals surface area contributed by atoms with Crippen LogP contribution in [0.2, 0.25) is 0 Å². The van der Waals surface area contributed by atoms with E-state index in [-0.39, 0.29) is 10.8 Å². The number of benzene rings is 8. The molecule has 0 bridgehead atoms. The first-order valence-corrected chi connectivity index (χ1v) is 25.5. The molecule has 0 aromatic heterocycles. The van der Waals surface area contributed by atoms with Crippen LogP contribution >= 0.6 is 0 Å². The Bertz CT molecular complexity index is 3260. The lowest BCUT2D eigenvalue weighted by atomic mass is 9.71. The summed E-state index contributed by atoms with van der Waals surface area (Å²) in [5, 5.41) is 0. The van der Waals surface area contributed by atoms with Crippen LogP contribution in [0, 0.1) is 6.92 Å². The minimum Gasteiger partial charge on any atom is -0.170 e. The molecular weight excluding hydrogens is 850 g/mol. The van der Waals surface area contributed by atoms with Gasteiger partial charge in [-0.2, -0.15) is 13.2 Å². The summed E-state index contributed by atoms with van der Waals surface area (Å²) in [6.45, 7) is 12.5. The highest BCUT2D eigenvalue weighted by Gasteiger charge is 2.58. The Kier molecular flexibility index (Phi) is 11.0. The number of aryl methyl sites for hydroxylation is 1. The Balaban J connectivity index is 0.899. The molecule has 0 aliphatic heterocycles. The number of hydrogen-bond donors (Lipinski definition) is 0. The maximum atomic E-state index is 15.0. The van der Waals surface area contributed by atoms with Crippen LogP contribution in [0.4, 0.5) is 13.2 Å². The van der Waals surface area contributed by atoms with E-state index in [1.807, 2.05) is 31.2 Å². The molecule has 0 radical (unpaired) electrons. The van der Waals surface area contributed by atoms with E-state index in [0.717, 1.165) is 79.2 Å². The minimum absolute atomic E-state index is 0.0628. The van der Waals surface area contributed by atoms with Gasteiger partial charge >= 0.3 is 6.18 Å². The zero-order chi connectivity index (χ0) is 47.9. The average molecular weight is 911 g/mol. The van der Waals surface area contributed by atoms with Crippen molar-refractivity contribution in [2.24, 2.45) is 0 Å². The fourth-order valence-electron chi connectivity index (χ4n) is 13.4. The van der Waals surface area contributed by atoms with Crippen molar-refractivity contribution >= 4 is 0 Å². The molecule has 1 atom stereocenters. The number of hydrogen-bond acceptors (Lipinski definition) is 0. The lowest BCUT2D eigenvalue weighted by Gasteiger charge is -2.32. The van der Waals surface area contributed by atoms with Crippen molar-refractivity contribution in [1.82, 2.24) is 0 Å². The van der Waals surface area contributed by atoms with E-state index in [2.05, 4.69) is 155 Å². The highest BCUT2D eigenvalue weighted by Crippen LogP contribution is 2.59. The van der Waals surface area contributed by atoms with E-state index in [0.29, 0.717) is 22.3 Å². The molecular formula is C66H61F3. The maximum absolute atomic E-state index is 15.0. The summed E-state index contributed by atoms with van der Waals surface area (Å²) in [5.41, 5.74) is 20.9. The number of halogens is 3. The van der Waals surface area contributed by atoms with Gasteiger partial charge < -0.3 is 0 Å². The topological polar surface area (TPSA) is 0 Å². The van der Waals surface area contributed by atoms with Crippen LogP contribution in [0.25, 0.3) is 77.9 Å². The summed E-state index contributed by atoms with van der Waals surface area (Å²) < 4.78 is 45.1. The van der Waals surface area contributed by atoms with Crippen LogP contribution in [-0.2, 0) is 16.2 Å². The third kappa shape index (κ3) is 6.85. The molecule has 8 aromatic carbocycles. The van der Waals surface area contributed by atoms with E-state index < -0.39 is 11.6 Å². The highest BCUT2D eigenvalue weighted by atomic mass is 19.4. The maximum Gasteiger partial charge on any atom is 0.402 e. The zero-order valence-electron chi connectivity index (χ0n) is 40.9. The van der Waals surface area contributed by atoms with Gasteiger partial charge in [-0.15, -0.1) is 0 Å². The second-order valence-corrected chi connectivity index (χ2v) is 20.6. The highest BCUT2D eigenvalue weighted by molar-refractivity contribution is 5.89. The zero-order valence-corrected chi connectivity index (χ0v) is 40.9. The van der Waals surface area contributed by atoms with Crippen LogP contribution in [0.3, 0.4) is 0 Å². The molecule has 69 heavy (non-hydrogen) atoms. The molecule has 346 valence electrons. The van der Waals surface area contributed by atoms with Gasteiger partial charge in [-0.05, 0) is 175 Å². The lowest BCUT2D eigenvalue weighted by Crippen LogP contribution is -2.38. The molecule has 8 aromatic rings. The molecule has 0 saturated carbocycles. The molecule has 1 unspecified atom stereocenters. The standard InChI is InChI=1S/C66H61F3/c1-7-33-64(34-8-2)57-14-12-11-13-51(57)54-30-25-48(39-60(54)64)44-20-22-46(23-21-44)50-27-32-56-55-31-26-49(40-61(55)65(35-9-3,36-10-4)62(56)41-50)45-18-16-43(17-19-45)47-24-29-53-52-28-15-42(5)37-58(52)63(6,59(53)38-47)66(67,68)69/h11-32,37-41H,7-10,33-36H2,1-6H3. The molecule has 0 N–H and O–H groups in total. The smallest absolute Gasteiger partial charge is 0.170 e. The summed E-state index contributed by atoms with van der Waals surface area (Å²) >= 11 is 0. The van der Waals surface area contributed by atoms with Gasteiger partial charge in [0.15, 0.2) is 0 Å². The van der Waals surface area contributed by atoms with Gasteiger partial charge in [-0.3, -0.25) is 0 Å². The Morgan fingerprint density at radius 1 is 0.333 bits per heavy atom. The van der Waals surface area contributed by atoms with Crippen molar-refractivity contribution in [3.8, 4) is 77.9 Å². The van der Waals surface area contributed by atoms with Crippen LogP contribution < -0.4 is 0 Å². The average Bonchev–Trinajstić information content (AvgIpc) is 3.89. The summed E-state index contributed by atoms with van der Waals surface area (Å²) in [6, 6.07) is 59.1. The second-order valence-electron chi connectivity index (χ2n) is 20.6. The normalized spacial score (nSPS) is 16.7. The van der Waals surface area contributed by atoms with E-state index in [9.17, 15) is 0 Å².